The second kappa shape index (κ2) is 3.46. The minimum Gasteiger partial charge on any atom is -0.631 e. The summed E-state index contributed by atoms with van der Waals surface area (Å²) in [5, 5.41) is 0.736. The molecule has 5 heteroatoms. The van der Waals surface area contributed by atoms with Crippen molar-refractivity contribution in [3.63, 3.8) is 0 Å². The average Bonchev–Trinajstić information content (AvgIpc) is 2.33. The van der Waals surface area contributed by atoms with Crippen LogP contribution in [-0.4, -0.2) is 24.7 Å². The third kappa shape index (κ3) is 1.89. The Morgan fingerprint density at radius 1 is 1.90 bits per heavy atom. The molecule has 0 aromatic carbocycles. The van der Waals surface area contributed by atoms with Crippen LogP contribution < -0.4 is 4.89 Å². The van der Waals surface area contributed by atoms with Crippen molar-refractivity contribution in [2.45, 2.75) is 12.5 Å². The van der Waals surface area contributed by atoms with Crippen LogP contribution in [0.3, 0.4) is 0 Å². The van der Waals surface area contributed by atoms with E-state index in [1.807, 2.05) is 0 Å². The van der Waals surface area contributed by atoms with E-state index in [9.17, 15) is 4.89 Å². The van der Waals surface area contributed by atoms with E-state index in [1.165, 1.54) is 7.11 Å². The van der Waals surface area contributed by atoms with Gasteiger partial charge in [-0.05, 0) is 0 Å². The molecule has 0 spiro atoms. The summed E-state index contributed by atoms with van der Waals surface area (Å²) in [6.45, 7) is 0. The molecule has 1 unspecified atom stereocenters. The van der Waals surface area contributed by atoms with Gasteiger partial charge >= 0.3 is 0 Å². The number of hydrogen-bond acceptors (Lipinski definition) is 3. The van der Waals surface area contributed by atoms with Crippen LogP contribution in [0, 0.1) is 0 Å². The highest BCUT2D eigenvalue weighted by atomic mass is 79.9. The zero-order chi connectivity index (χ0) is 7.61. The lowest BCUT2D eigenvalue weighted by molar-refractivity contribution is -0.214. The molecule has 1 rings (SSSR count). The molecule has 0 radical (unpaired) electrons. The maximum Gasteiger partial charge on any atom is 0.237 e. The summed E-state index contributed by atoms with van der Waals surface area (Å²) in [7, 11) is -1.23. The van der Waals surface area contributed by atoms with Crippen molar-refractivity contribution < 1.29 is 13.9 Å². The predicted molar refractivity (Wildman–Crippen MR) is 42.1 cm³/mol. The highest BCUT2D eigenvalue weighted by molar-refractivity contribution is 9.09. The predicted octanol–water partition coefficient (Wildman–Crippen LogP) is 0.939. The highest BCUT2D eigenvalue weighted by Gasteiger charge is 2.39. The third-order valence-electron chi connectivity index (χ3n) is 1.48. The molecule has 3 nitrogen and oxygen atoms in total. The smallest absolute Gasteiger partial charge is 0.237 e. The SMILES string of the molecule is CO[P+]1([O-])CC[C@@H](CBr)O1. The summed E-state index contributed by atoms with van der Waals surface area (Å²) in [5.74, 6) is 0. The standard InChI is InChI=1S/C5H10BrO3P/c1-8-10(7)3-2-5(4-6)9-10/h5H,2-4H2,1H3/t5-,10?/m0/s1. The Bertz CT molecular complexity index is 123. The molecule has 0 saturated carbocycles. The minimum absolute atomic E-state index is 0.0748. The van der Waals surface area contributed by atoms with Gasteiger partial charge in [0.1, 0.15) is 12.3 Å². The number of halogens is 1. The Kier molecular flexibility index (Phi) is 3.07. The van der Waals surface area contributed by atoms with Crippen LogP contribution in [0.25, 0.3) is 0 Å². The van der Waals surface area contributed by atoms with Crippen LogP contribution in [-0.2, 0) is 9.05 Å². The van der Waals surface area contributed by atoms with E-state index in [-0.39, 0.29) is 6.10 Å². The molecule has 0 aromatic heterocycles. The van der Waals surface area contributed by atoms with Crippen LogP contribution in [0.2, 0.25) is 0 Å². The molecule has 1 aliphatic heterocycles. The Morgan fingerprint density at radius 2 is 2.60 bits per heavy atom. The third-order valence-corrected chi connectivity index (χ3v) is 4.19. The highest BCUT2D eigenvalue weighted by Crippen LogP contribution is 2.58. The van der Waals surface area contributed by atoms with Gasteiger partial charge in [0.25, 0.3) is 0 Å². The first-order chi connectivity index (χ1) is 4.70. The molecule has 0 aromatic rings. The summed E-state index contributed by atoms with van der Waals surface area (Å²) in [6, 6.07) is 0. The van der Waals surface area contributed by atoms with Crippen molar-refractivity contribution in [3.05, 3.63) is 0 Å². The fraction of sp³-hybridized carbons (Fsp3) is 1.00. The molecule has 1 heterocycles. The van der Waals surface area contributed by atoms with Crippen molar-refractivity contribution in [2.75, 3.05) is 18.6 Å². The minimum atomic E-state index is -2.65. The van der Waals surface area contributed by atoms with E-state index in [4.69, 9.17) is 9.05 Å². The average molecular weight is 229 g/mol. The molecule has 1 fully saturated rings. The van der Waals surface area contributed by atoms with Gasteiger partial charge in [-0.15, -0.1) is 0 Å². The lowest BCUT2D eigenvalue weighted by Gasteiger charge is -2.19. The van der Waals surface area contributed by atoms with Crippen molar-refractivity contribution in [1.29, 1.82) is 0 Å². The molecule has 10 heavy (non-hydrogen) atoms. The Morgan fingerprint density at radius 3 is 2.90 bits per heavy atom. The van der Waals surface area contributed by atoms with Crippen molar-refractivity contribution in [3.8, 4) is 0 Å². The quantitative estimate of drug-likeness (QED) is 0.522. The maximum absolute atomic E-state index is 11.3. The first-order valence-corrected chi connectivity index (χ1v) is 5.94. The van der Waals surface area contributed by atoms with E-state index < -0.39 is 7.94 Å². The van der Waals surface area contributed by atoms with Crippen LogP contribution >= 0.6 is 23.9 Å². The Hall–Kier alpha value is 0.790. The molecule has 0 amide bonds. The lowest BCUT2D eigenvalue weighted by Crippen LogP contribution is -2.13. The Labute approximate surface area is 69.4 Å². The zero-order valence-electron chi connectivity index (χ0n) is 5.75. The molecule has 0 bridgehead atoms. The topological polar surface area (TPSA) is 41.5 Å². The summed E-state index contributed by atoms with van der Waals surface area (Å²) in [4.78, 5) is 11.3. The van der Waals surface area contributed by atoms with Gasteiger partial charge in [0.05, 0.1) is 7.11 Å². The summed E-state index contributed by atoms with van der Waals surface area (Å²) in [6.07, 6.45) is 1.46. The van der Waals surface area contributed by atoms with Crippen molar-refractivity contribution in [1.82, 2.24) is 0 Å². The fourth-order valence-electron chi connectivity index (χ4n) is 0.874. The van der Waals surface area contributed by atoms with Gasteiger partial charge in [0.15, 0.2) is 0 Å². The molecule has 2 atom stereocenters. The van der Waals surface area contributed by atoms with E-state index in [2.05, 4.69) is 15.9 Å². The number of rotatable bonds is 2. The van der Waals surface area contributed by atoms with Crippen molar-refractivity contribution >= 4 is 23.9 Å². The molecular formula is C5H10BrO3P. The molecule has 1 saturated heterocycles. The molecule has 0 aliphatic carbocycles. The number of hydrogen-bond donors (Lipinski definition) is 0. The zero-order valence-corrected chi connectivity index (χ0v) is 8.23. The maximum atomic E-state index is 11.3. The lowest BCUT2D eigenvalue weighted by atomic mass is 10.3. The first-order valence-electron chi connectivity index (χ1n) is 3.09. The van der Waals surface area contributed by atoms with Gasteiger partial charge in [0, 0.05) is 11.8 Å². The monoisotopic (exact) mass is 228 g/mol. The molecule has 60 valence electrons. The van der Waals surface area contributed by atoms with Crippen LogP contribution in [0.4, 0.5) is 0 Å². The second-order valence-electron chi connectivity index (χ2n) is 2.19. The van der Waals surface area contributed by atoms with E-state index in [0.717, 1.165) is 11.8 Å². The van der Waals surface area contributed by atoms with Gasteiger partial charge in [-0.1, -0.05) is 15.9 Å². The Balaban J connectivity index is 2.41. The summed E-state index contributed by atoms with van der Waals surface area (Å²) < 4.78 is 9.88. The first kappa shape index (κ1) is 8.88. The van der Waals surface area contributed by atoms with Crippen LogP contribution in [0.5, 0.6) is 0 Å². The molecular weight excluding hydrogens is 219 g/mol. The van der Waals surface area contributed by atoms with Gasteiger partial charge in [-0.3, -0.25) is 0 Å². The normalized spacial score (nSPS) is 40.5. The van der Waals surface area contributed by atoms with Crippen molar-refractivity contribution in [2.24, 2.45) is 0 Å². The van der Waals surface area contributed by atoms with Gasteiger partial charge in [-0.25, -0.2) is 9.05 Å². The van der Waals surface area contributed by atoms with Crippen LogP contribution in [0.1, 0.15) is 6.42 Å². The van der Waals surface area contributed by atoms with E-state index in [0.29, 0.717) is 6.16 Å². The summed E-state index contributed by atoms with van der Waals surface area (Å²) in [5.41, 5.74) is 0. The molecule has 1 aliphatic rings. The van der Waals surface area contributed by atoms with E-state index in [1.54, 1.807) is 0 Å². The van der Waals surface area contributed by atoms with Crippen LogP contribution in [0.15, 0.2) is 0 Å². The van der Waals surface area contributed by atoms with E-state index >= 15 is 0 Å². The molecule has 0 N–H and O–H groups in total. The second-order valence-corrected chi connectivity index (χ2v) is 5.08. The largest absolute Gasteiger partial charge is 0.631 e. The fourth-order valence-corrected chi connectivity index (χ4v) is 3.15. The summed E-state index contributed by atoms with van der Waals surface area (Å²) >= 11 is 3.26. The van der Waals surface area contributed by atoms with Gasteiger partial charge in [0.2, 0.25) is 7.94 Å². The van der Waals surface area contributed by atoms with Gasteiger partial charge < -0.3 is 4.89 Å². The number of alkyl halides is 1. The van der Waals surface area contributed by atoms with Gasteiger partial charge in [-0.2, -0.15) is 0 Å².